The Morgan fingerprint density at radius 1 is 0.897 bits per heavy atom. The second-order valence-corrected chi connectivity index (χ2v) is 6.91. The first kappa shape index (κ1) is 20.7. The number of likely N-dealkylation sites (tertiary alicyclic amines) is 1. The van der Waals surface area contributed by atoms with Crippen molar-refractivity contribution in [3.8, 4) is 11.5 Å². The van der Waals surface area contributed by atoms with Gasteiger partial charge in [-0.15, -0.1) is 0 Å². The van der Waals surface area contributed by atoms with Gasteiger partial charge in [-0.2, -0.15) is 0 Å². The molecule has 0 spiro atoms. The molecule has 2 aromatic carbocycles. The van der Waals surface area contributed by atoms with E-state index in [9.17, 15) is 9.59 Å². The van der Waals surface area contributed by atoms with Crippen LogP contribution in [0, 0.1) is 0 Å². The van der Waals surface area contributed by atoms with Crippen LogP contribution in [0.1, 0.15) is 53.0 Å². The molecule has 0 saturated carbocycles. The van der Waals surface area contributed by atoms with Gasteiger partial charge in [-0.3, -0.25) is 9.59 Å². The summed E-state index contributed by atoms with van der Waals surface area (Å²) in [4.78, 5) is 26.8. The highest BCUT2D eigenvalue weighted by molar-refractivity contribution is 5.95. The fraction of sp³-hybridized carbons (Fsp3) is 0.391. The Kier molecular flexibility index (Phi) is 7.11. The Morgan fingerprint density at radius 3 is 2.17 bits per heavy atom. The second kappa shape index (κ2) is 9.96. The van der Waals surface area contributed by atoms with Gasteiger partial charge in [0.05, 0.1) is 13.2 Å². The maximum Gasteiger partial charge on any atom is 0.253 e. The molecule has 1 aliphatic heterocycles. The van der Waals surface area contributed by atoms with Crippen molar-refractivity contribution >= 4 is 11.8 Å². The summed E-state index contributed by atoms with van der Waals surface area (Å²) in [5.41, 5.74) is 2.14. The van der Waals surface area contributed by atoms with Crippen molar-refractivity contribution in [1.29, 1.82) is 0 Å². The van der Waals surface area contributed by atoms with Crippen LogP contribution in [-0.4, -0.2) is 43.0 Å². The largest absolute Gasteiger partial charge is 0.490 e. The van der Waals surface area contributed by atoms with Crippen LogP contribution in [0.5, 0.6) is 11.5 Å². The van der Waals surface area contributed by atoms with Gasteiger partial charge < -0.3 is 19.7 Å². The van der Waals surface area contributed by atoms with Crippen LogP contribution in [0.3, 0.4) is 0 Å². The molecule has 154 valence electrons. The molecule has 1 aliphatic rings. The van der Waals surface area contributed by atoms with E-state index < -0.39 is 0 Å². The standard InChI is InChI=1S/C23H28N2O4/c1-3-28-20-12-11-19(15-21(20)29-4-2)22(26)24-16-17-7-9-18(10-8-17)23(27)25-13-5-6-14-25/h7-12,15H,3-6,13-14,16H2,1-2H3,(H,24,26). The maximum absolute atomic E-state index is 12.5. The highest BCUT2D eigenvalue weighted by Gasteiger charge is 2.19. The van der Waals surface area contributed by atoms with Crippen molar-refractivity contribution < 1.29 is 19.1 Å². The fourth-order valence-electron chi connectivity index (χ4n) is 3.34. The zero-order valence-corrected chi connectivity index (χ0v) is 17.1. The van der Waals surface area contributed by atoms with Gasteiger partial charge in [0.2, 0.25) is 0 Å². The van der Waals surface area contributed by atoms with Gasteiger partial charge >= 0.3 is 0 Å². The molecule has 1 N–H and O–H groups in total. The molecule has 1 heterocycles. The maximum atomic E-state index is 12.5. The summed E-state index contributed by atoms with van der Waals surface area (Å²) in [6.45, 7) is 6.87. The van der Waals surface area contributed by atoms with Crippen LogP contribution < -0.4 is 14.8 Å². The van der Waals surface area contributed by atoms with Gasteiger partial charge in [0, 0.05) is 30.8 Å². The van der Waals surface area contributed by atoms with E-state index in [0.29, 0.717) is 42.4 Å². The first-order valence-corrected chi connectivity index (χ1v) is 10.2. The molecule has 1 fully saturated rings. The molecule has 2 amide bonds. The van der Waals surface area contributed by atoms with Crippen LogP contribution in [0.15, 0.2) is 42.5 Å². The van der Waals surface area contributed by atoms with E-state index in [1.807, 2.05) is 43.0 Å². The average Bonchev–Trinajstić information content (AvgIpc) is 3.28. The van der Waals surface area contributed by atoms with Crippen molar-refractivity contribution in [1.82, 2.24) is 10.2 Å². The third-order valence-corrected chi connectivity index (χ3v) is 4.85. The molecule has 29 heavy (non-hydrogen) atoms. The Bertz CT molecular complexity index is 842. The Balaban J connectivity index is 1.60. The SMILES string of the molecule is CCOc1ccc(C(=O)NCc2ccc(C(=O)N3CCCC3)cc2)cc1OCC. The predicted octanol–water partition coefficient (Wildman–Crippen LogP) is 3.65. The van der Waals surface area contributed by atoms with E-state index in [1.165, 1.54) is 0 Å². The number of hydrogen-bond acceptors (Lipinski definition) is 4. The van der Waals surface area contributed by atoms with Gasteiger partial charge in [0.1, 0.15) is 0 Å². The van der Waals surface area contributed by atoms with Crippen molar-refractivity contribution in [3.05, 3.63) is 59.2 Å². The van der Waals surface area contributed by atoms with Gasteiger partial charge in [-0.1, -0.05) is 12.1 Å². The van der Waals surface area contributed by atoms with Crippen LogP contribution in [0.25, 0.3) is 0 Å². The summed E-state index contributed by atoms with van der Waals surface area (Å²) in [7, 11) is 0. The van der Waals surface area contributed by atoms with Crippen LogP contribution in [-0.2, 0) is 6.54 Å². The minimum Gasteiger partial charge on any atom is -0.490 e. The Morgan fingerprint density at radius 2 is 1.52 bits per heavy atom. The third-order valence-electron chi connectivity index (χ3n) is 4.85. The summed E-state index contributed by atoms with van der Waals surface area (Å²) >= 11 is 0. The van der Waals surface area contributed by atoms with Gasteiger partial charge in [0.15, 0.2) is 11.5 Å². The minimum absolute atomic E-state index is 0.0796. The average molecular weight is 396 g/mol. The lowest BCUT2D eigenvalue weighted by atomic mass is 10.1. The zero-order chi connectivity index (χ0) is 20.6. The first-order chi connectivity index (χ1) is 14.1. The molecule has 0 radical (unpaired) electrons. The molecule has 6 nitrogen and oxygen atoms in total. The smallest absolute Gasteiger partial charge is 0.253 e. The normalized spacial score (nSPS) is 13.2. The molecule has 6 heteroatoms. The van der Waals surface area contributed by atoms with E-state index in [1.54, 1.807) is 18.2 Å². The Hall–Kier alpha value is -3.02. The molecular weight excluding hydrogens is 368 g/mol. The molecular formula is C23H28N2O4. The zero-order valence-electron chi connectivity index (χ0n) is 17.1. The molecule has 0 unspecified atom stereocenters. The Labute approximate surface area is 171 Å². The van der Waals surface area contributed by atoms with Crippen molar-refractivity contribution in [3.63, 3.8) is 0 Å². The molecule has 0 atom stereocenters. The highest BCUT2D eigenvalue weighted by Crippen LogP contribution is 2.28. The molecule has 0 aliphatic carbocycles. The number of hydrogen-bond donors (Lipinski definition) is 1. The molecule has 1 saturated heterocycles. The number of ether oxygens (including phenoxy) is 2. The number of nitrogens with zero attached hydrogens (tertiary/aromatic N) is 1. The highest BCUT2D eigenvalue weighted by atomic mass is 16.5. The van der Waals surface area contributed by atoms with E-state index >= 15 is 0 Å². The van der Waals surface area contributed by atoms with E-state index in [-0.39, 0.29) is 11.8 Å². The monoisotopic (exact) mass is 396 g/mol. The van der Waals surface area contributed by atoms with Crippen LogP contribution >= 0.6 is 0 Å². The fourth-order valence-corrected chi connectivity index (χ4v) is 3.34. The number of benzene rings is 2. The first-order valence-electron chi connectivity index (χ1n) is 10.2. The number of rotatable bonds is 8. The topological polar surface area (TPSA) is 67.9 Å². The van der Waals surface area contributed by atoms with Crippen molar-refractivity contribution in [2.24, 2.45) is 0 Å². The molecule has 3 rings (SSSR count). The minimum atomic E-state index is -0.189. The lowest BCUT2D eigenvalue weighted by molar-refractivity contribution is 0.0792. The van der Waals surface area contributed by atoms with Crippen LogP contribution in [0.4, 0.5) is 0 Å². The van der Waals surface area contributed by atoms with Crippen LogP contribution in [0.2, 0.25) is 0 Å². The van der Waals surface area contributed by atoms with Gasteiger partial charge in [-0.05, 0) is 62.6 Å². The predicted molar refractivity (Wildman–Crippen MR) is 112 cm³/mol. The summed E-state index contributed by atoms with van der Waals surface area (Å²) in [5, 5.41) is 2.91. The quantitative estimate of drug-likeness (QED) is 0.740. The molecule has 2 aromatic rings. The van der Waals surface area contributed by atoms with Gasteiger partial charge in [-0.25, -0.2) is 0 Å². The summed E-state index contributed by atoms with van der Waals surface area (Å²) < 4.78 is 11.1. The molecule has 0 bridgehead atoms. The summed E-state index contributed by atoms with van der Waals surface area (Å²) in [6.07, 6.45) is 2.15. The van der Waals surface area contributed by atoms with Crippen molar-refractivity contribution in [2.75, 3.05) is 26.3 Å². The van der Waals surface area contributed by atoms with Crippen molar-refractivity contribution in [2.45, 2.75) is 33.2 Å². The summed E-state index contributed by atoms with van der Waals surface area (Å²) in [6, 6.07) is 12.6. The van der Waals surface area contributed by atoms with E-state index in [2.05, 4.69) is 5.32 Å². The number of carbonyl (C=O) groups is 2. The number of carbonyl (C=O) groups excluding carboxylic acids is 2. The van der Waals surface area contributed by atoms with Gasteiger partial charge in [0.25, 0.3) is 11.8 Å². The number of nitrogens with one attached hydrogen (secondary N) is 1. The van der Waals surface area contributed by atoms with E-state index in [4.69, 9.17) is 9.47 Å². The lowest BCUT2D eigenvalue weighted by Crippen LogP contribution is -2.27. The second-order valence-electron chi connectivity index (χ2n) is 6.91. The number of amides is 2. The summed E-state index contributed by atoms with van der Waals surface area (Å²) in [5.74, 6) is 1.08. The lowest BCUT2D eigenvalue weighted by Gasteiger charge is -2.15. The molecule has 0 aromatic heterocycles. The van der Waals surface area contributed by atoms with E-state index in [0.717, 1.165) is 31.5 Å². The third kappa shape index (κ3) is 5.28.